The molecule has 2 rings (SSSR count). The Hall–Kier alpha value is -1.15. The first kappa shape index (κ1) is 14.3. The van der Waals surface area contributed by atoms with E-state index in [9.17, 15) is 4.79 Å². The maximum Gasteiger partial charge on any atom is 0.162 e. The monoisotopic (exact) mass is 260 g/mol. The summed E-state index contributed by atoms with van der Waals surface area (Å²) in [6.07, 6.45) is 4.69. The summed E-state index contributed by atoms with van der Waals surface area (Å²) < 4.78 is 5.53. The second kappa shape index (κ2) is 6.85. The summed E-state index contributed by atoms with van der Waals surface area (Å²) in [6, 6.07) is 8.57. The van der Waals surface area contributed by atoms with E-state index in [0.717, 1.165) is 19.3 Å². The normalized spacial score (nSPS) is 19.8. The average molecular weight is 260 g/mol. The van der Waals surface area contributed by atoms with Gasteiger partial charge in [-0.25, -0.2) is 0 Å². The van der Waals surface area contributed by atoms with E-state index in [0.29, 0.717) is 18.9 Å². The van der Waals surface area contributed by atoms with Crippen LogP contribution in [0.15, 0.2) is 24.3 Å². The Bertz CT molecular complexity index is 425. The number of carbonyl (C=O) groups is 1. The van der Waals surface area contributed by atoms with Crippen molar-refractivity contribution >= 4 is 5.78 Å². The molecule has 1 aromatic rings. The van der Waals surface area contributed by atoms with E-state index in [-0.39, 0.29) is 11.9 Å². The molecule has 104 valence electrons. The molecule has 0 fully saturated rings. The molecule has 0 aromatic heterocycles. The van der Waals surface area contributed by atoms with Crippen LogP contribution < -0.4 is 0 Å². The van der Waals surface area contributed by atoms with Gasteiger partial charge in [0.1, 0.15) is 6.10 Å². The highest BCUT2D eigenvalue weighted by molar-refractivity contribution is 5.83. The molecule has 0 aliphatic heterocycles. The van der Waals surface area contributed by atoms with E-state index >= 15 is 0 Å². The van der Waals surface area contributed by atoms with E-state index in [4.69, 9.17) is 4.74 Å². The van der Waals surface area contributed by atoms with Gasteiger partial charge in [-0.05, 0) is 49.7 Å². The van der Waals surface area contributed by atoms with Crippen LogP contribution >= 0.6 is 0 Å². The summed E-state index contributed by atoms with van der Waals surface area (Å²) in [6.45, 7) is 4.59. The molecule has 2 nitrogen and oxygen atoms in total. The van der Waals surface area contributed by atoms with Crippen molar-refractivity contribution in [3.05, 3.63) is 35.4 Å². The number of benzene rings is 1. The van der Waals surface area contributed by atoms with Gasteiger partial charge >= 0.3 is 0 Å². The minimum atomic E-state index is -0.209. The standard InChI is InChI=1S/C17H24O2/c1-3-17(19-4-2)16(18)12-14-10-7-9-13-8-5-6-11-15(13)14/h5-6,8,11,14,17H,3-4,7,9-10,12H2,1-2H3. The molecule has 19 heavy (non-hydrogen) atoms. The number of fused-ring (bicyclic) bond motifs is 1. The second-order valence-electron chi connectivity index (χ2n) is 5.31. The Morgan fingerprint density at radius 2 is 2.16 bits per heavy atom. The Morgan fingerprint density at radius 1 is 1.37 bits per heavy atom. The zero-order chi connectivity index (χ0) is 13.7. The molecule has 0 heterocycles. The van der Waals surface area contributed by atoms with Gasteiger partial charge in [-0.2, -0.15) is 0 Å². The number of hydrogen-bond acceptors (Lipinski definition) is 2. The summed E-state index contributed by atoms with van der Waals surface area (Å²) in [7, 11) is 0. The van der Waals surface area contributed by atoms with Crippen LogP contribution in [0.3, 0.4) is 0 Å². The molecule has 1 aromatic carbocycles. The summed E-state index contributed by atoms with van der Waals surface area (Å²) in [5, 5.41) is 0. The van der Waals surface area contributed by atoms with Crippen molar-refractivity contribution in [1.82, 2.24) is 0 Å². The van der Waals surface area contributed by atoms with Gasteiger partial charge in [0.25, 0.3) is 0 Å². The second-order valence-corrected chi connectivity index (χ2v) is 5.31. The van der Waals surface area contributed by atoms with Gasteiger partial charge in [0, 0.05) is 13.0 Å². The minimum absolute atomic E-state index is 0.209. The van der Waals surface area contributed by atoms with Crippen molar-refractivity contribution in [2.45, 2.75) is 58.0 Å². The number of ketones is 1. The Balaban J connectivity index is 2.06. The smallest absolute Gasteiger partial charge is 0.162 e. The molecule has 0 saturated carbocycles. The third kappa shape index (κ3) is 3.44. The first-order valence-corrected chi connectivity index (χ1v) is 7.48. The van der Waals surface area contributed by atoms with Gasteiger partial charge in [-0.3, -0.25) is 4.79 Å². The molecule has 2 atom stereocenters. The number of aryl methyl sites for hydroxylation is 1. The lowest BCUT2D eigenvalue weighted by Crippen LogP contribution is -2.26. The quantitative estimate of drug-likeness (QED) is 0.776. The Morgan fingerprint density at radius 3 is 2.89 bits per heavy atom. The van der Waals surface area contributed by atoms with Crippen LogP contribution in [0.4, 0.5) is 0 Å². The molecule has 0 spiro atoms. The zero-order valence-corrected chi connectivity index (χ0v) is 12.0. The molecule has 0 N–H and O–H groups in total. The zero-order valence-electron chi connectivity index (χ0n) is 12.0. The van der Waals surface area contributed by atoms with Gasteiger partial charge in [0.15, 0.2) is 5.78 Å². The molecular formula is C17H24O2. The van der Waals surface area contributed by atoms with E-state index in [1.165, 1.54) is 17.5 Å². The first-order valence-electron chi connectivity index (χ1n) is 7.48. The molecule has 1 aliphatic rings. The van der Waals surface area contributed by atoms with Gasteiger partial charge in [0.2, 0.25) is 0 Å². The highest BCUT2D eigenvalue weighted by Crippen LogP contribution is 2.34. The lowest BCUT2D eigenvalue weighted by Gasteiger charge is -2.26. The van der Waals surface area contributed by atoms with E-state index in [1.807, 2.05) is 13.8 Å². The topological polar surface area (TPSA) is 26.3 Å². The van der Waals surface area contributed by atoms with E-state index in [1.54, 1.807) is 0 Å². The van der Waals surface area contributed by atoms with Crippen molar-refractivity contribution < 1.29 is 9.53 Å². The Kier molecular flexibility index (Phi) is 5.15. The maximum atomic E-state index is 12.3. The van der Waals surface area contributed by atoms with Gasteiger partial charge < -0.3 is 4.74 Å². The number of hydrogen-bond donors (Lipinski definition) is 0. The van der Waals surface area contributed by atoms with Crippen LogP contribution in [0.25, 0.3) is 0 Å². The van der Waals surface area contributed by atoms with E-state index < -0.39 is 0 Å². The highest BCUT2D eigenvalue weighted by atomic mass is 16.5. The molecule has 0 radical (unpaired) electrons. The van der Waals surface area contributed by atoms with Crippen LogP contribution in [-0.2, 0) is 16.0 Å². The fourth-order valence-electron chi connectivity index (χ4n) is 3.08. The minimum Gasteiger partial charge on any atom is -0.371 e. The molecule has 0 amide bonds. The highest BCUT2D eigenvalue weighted by Gasteiger charge is 2.25. The van der Waals surface area contributed by atoms with Gasteiger partial charge in [0.05, 0.1) is 0 Å². The molecule has 0 saturated heterocycles. The number of ether oxygens (including phenoxy) is 1. The summed E-state index contributed by atoms with van der Waals surface area (Å²) in [5.41, 5.74) is 2.81. The van der Waals surface area contributed by atoms with Crippen LogP contribution in [-0.4, -0.2) is 18.5 Å². The predicted molar refractivity (Wildman–Crippen MR) is 77.5 cm³/mol. The van der Waals surface area contributed by atoms with Crippen LogP contribution in [0, 0.1) is 0 Å². The first-order chi connectivity index (χ1) is 9.26. The van der Waals surface area contributed by atoms with Crippen LogP contribution in [0.1, 0.15) is 56.6 Å². The Labute approximate surface area is 116 Å². The predicted octanol–water partition coefficient (Wildman–Crippen LogP) is 3.88. The van der Waals surface area contributed by atoms with Gasteiger partial charge in [-0.1, -0.05) is 31.2 Å². The van der Waals surface area contributed by atoms with E-state index in [2.05, 4.69) is 24.3 Å². The summed E-state index contributed by atoms with van der Waals surface area (Å²) >= 11 is 0. The molecular weight excluding hydrogens is 236 g/mol. The number of Topliss-reactive ketones (excluding diaryl/α,β-unsaturated/α-hetero) is 1. The van der Waals surface area contributed by atoms with Crippen molar-refractivity contribution in [2.24, 2.45) is 0 Å². The number of rotatable bonds is 6. The maximum absolute atomic E-state index is 12.3. The molecule has 2 heteroatoms. The fourth-order valence-corrected chi connectivity index (χ4v) is 3.08. The number of carbonyl (C=O) groups excluding carboxylic acids is 1. The lowest BCUT2D eigenvalue weighted by atomic mass is 9.79. The largest absolute Gasteiger partial charge is 0.371 e. The summed E-state index contributed by atoms with van der Waals surface area (Å²) in [4.78, 5) is 12.3. The SMILES string of the molecule is CCOC(CC)C(=O)CC1CCCc2ccccc21. The molecule has 2 unspecified atom stereocenters. The lowest BCUT2D eigenvalue weighted by molar-refractivity contribution is -0.130. The van der Waals surface area contributed by atoms with Gasteiger partial charge in [-0.15, -0.1) is 0 Å². The van der Waals surface area contributed by atoms with Crippen molar-refractivity contribution in [1.29, 1.82) is 0 Å². The van der Waals surface area contributed by atoms with Crippen molar-refractivity contribution in [3.63, 3.8) is 0 Å². The van der Waals surface area contributed by atoms with Crippen molar-refractivity contribution in [2.75, 3.05) is 6.61 Å². The van der Waals surface area contributed by atoms with Crippen LogP contribution in [0.5, 0.6) is 0 Å². The van der Waals surface area contributed by atoms with Crippen molar-refractivity contribution in [3.8, 4) is 0 Å². The fraction of sp³-hybridized carbons (Fsp3) is 0.588. The summed E-state index contributed by atoms with van der Waals surface area (Å²) in [5.74, 6) is 0.665. The third-order valence-electron chi connectivity index (χ3n) is 4.04. The molecule has 1 aliphatic carbocycles. The average Bonchev–Trinajstić information content (AvgIpc) is 2.45. The third-order valence-corrected chi connectivity index (χ3v) is 4.04. The van der Waals surface area contributed by atoms with Crippen LogP contribution in [0.2, 0.25) is 0 Å². The molecule has 0 bridgehead atoms.